The van der Waals surface area contributed by atoms with Crippen LogP contribution in [0.25, 0.3) is 0 Å². The summed E-state index contributed by atoms with van der Waals surface area (Å²) in [4.78, 5) is 14.2. The number of amides is 1. The largest absolute Gasteiger partial charge is 0.397 e. The Kier molecular flexibility index (Phi) is 5.14. The average Bonchev–Trinajstić information content (AvgIpc) is 2.39. The maximum Gasteiger partial charge on any atom is 0.225 e. The normalized spacial score (nSPS) is 23.0. The summed E-state index contributed by atoms with van der Waals surface area (Å²) in [5.41, 5.74) is 6.35. The fraction of sp³-hybridized carbons (Fsp3) is 0.533. The molecule has 6 heteroatoms. The number of halogens is 1. The molecule has 0 spiro atoms. The molecule has 1 amide bonds. The Morgan fingerprint density at radius 3 is 2.71 bits per heavy atom. The number of anilines is 2. The van der Waals surface area contributed by atoms with Crippen molar-refractivity contribution in [2.75, 3.05) is 30.7 Å². The third-order valence-electron chi connectivity index (χ3n) is 3.44. The van der Waals surface area contributed by atoms with Crippen LogP contribution in [-0.2, 0) is 9.53 Å². The fourth-order valence-corrected chi connectivity index (χ4v) is 2.59. The maximum absolute atomic E-state index is 12.9. The summed E-state index contributed by atoms with van der Waals surface area (Å²) in [5, 5.41) is 2.71. The highest BCUT2D eigenvalue weighted by Gasteiger charge is 2.22. The van der Waals surface area contributed by atoms with Gasteiger partial charge in [0.1, 0.15) is 5.82 Å². The van der Waals surface area contributed by atoms with Gasteiger partial charge in [-0.2, -0.15) is 0 Å². The van der Waals surface area contributed by atoms with Crippen LogP contribution in [0.4, 0.5) is 15.8 Å². The second kappa shape index (κ2) is 6.87. The van der Waals surface area contributed by atoms with Gasteiger partial charge in [0.05, 0.1) is 23.6 Å². The van der Waals surface area contributed by atoms with Crippen molar-refractivity contribution in [1.29, 1.82) is 0 Å². The second-order valence-electron chi connectivity index (χ2n) is 5.55. The highest BCUT2D eigenvalue weighted by Crippen LogP contribution is 2.19. The summed E-state index contributed by atoms with van der Waals surface area (Å²) in [6.07, 6.45) is 0.741. The first-order valence-electron chi connectivity index (χ1n) is 7.16. The van der Waals surface area contributed by atoms with Crippen LogP contribution < -0.4 is 11.1 Å². The van der Waals surface area contributed by atoms with E-state index in [1.54, 1.807) is 0 Å². The monoisotopic (exact) mass is 295 g/mol. The van der Waals surface area contributed by atoms with Crippen LogP contribution in [0, 0.1) is 5.82 Å². The molecule has 5 nitrogen and oxygen atoms in total. The van der Waals surface area contributed by atoms with Crippen LogP contribution in [0.15, 0.2) is 18.2 Å². The zero-order valence-corrected chi connectivity index (χ0v) is 12.4. The molecule has 1 aliphatic heterocycles. The van der Waals surface area contributed by atoms with Gasteiger partial charge in [0.25, 0.3) is 0 Å². The molecule has 0 radical (unpaired) electrons. The summed E-state index contributed by atoms with van der Waals surface area (Å²) in [5.74, 6) is -0.540. The predicted octanol–water partition coefficient (Wildman–Crippen LogP) is 1.85. The molecular formula is C15H22FN3O2. The Morgan fingerprint density at radius 2 is 2.10 bits per heavy atom. The third-order valence-corrected chi connectivity index (χ3v) is 3.44. The van der Waals surface area contributed by atoms with Gasteiger partial charge in [-0.25, -0.2) is 4.39 Å². The van der Waals surface area contributed by atoms with E-state index in [1.165, 1.54) is 18.2 Å². The molecule has 2 unspecified atom stereocenters. The number of nitrogens with two attached hydrogens (primary N) is 1. The number of carbonyl (C=O) groups is 1. The van der Waals surface area contributed by atoms with Crippen molar-refractivity contribution in [3.05, 3.63) is 24.0 Å². The van der Waals surface area contributed by atoms with E-state index in [2.05, 4.69) is 10.2 Å². The molecule has 2 atom stereocenters. The predicted molar refractivity (Wildman–Crippen MR) is 80.5 cm³/mol. The molecule has 21 heavy (non-hydrogen) atoms. The highest BCUT2D eigenvalue weighted by atomic mass is 19.1. The van der Waals surface area contributed by atoms with Crippen LogP contribution in [0.5, 0.6) is 0 Å². The van der Waals surface area contributed by atoms with Crippen LogP contribution in [0.2, 0.25) is 0 Å². The van der Waals surface area contributed by atoms with Gasteiger partial charge < -0.3 is 15.8 Å². The van der Waals surface area contributed by atoms with Crippen molar-refractivity contribution >= 4 is 17.3 Å². The molecule has 0 bridgehead atoms. The lowest BCUT2D eigenvalue weighted by Gasteiger charge is -2.35. The lowest BCUT2D eigenvalue weighted by molar-refractivity contribution is -0.117. The summed E-state index contributed by atoms with van der Waals surface area (Å²) in [7, 11) is 0. The molecule has 0 saturated carbocycles. The van der Waals surface area contributed by atoms with Gasteiger partial charge in [-0.1, -0.05) is 0 Å². The van der Waals surface area contributed by atoms with Crippen LogP contribution in [-0.4, -0.2) is 42.6 Å². The number of nitrogens with zero attached hydrogens (tertiary/aromatic N) is 1. The van der Waals surface area contributed by atoms with E-state index in [9.17, 15) is 9.18 Å². The van der Waals surface area contributed by atoms with Crippen molar-refractivity contribution in [3.63, 3.8) is 0 Å². The molecule has 1 fully saturated rings. The van der Waals surface area contributed by atoms with Crippen molar-refractivity contribution < 1.29 is 13.9 Å². The Balaban J connectivity index is 1.82. The summed E-state index contributed by atoms with van der Waals surface area (Å²) >= 11 is 0. The van der Waals surface area contributed by atoms with Crippen molar-refractivity contribution in [2.45, 2.75) is 32.5 Å². The molecule has 1 saturated heterocycles. The van der Waals surface area contributed by atoms with Gasteiger partial charge in [-0.05, 0) is 32.0 Å². The van der Waals surface area contributed by atoms with E-state index >= 15 is 0 Å². The maximum atomic E-state index is 12.9. The zero-order valence-electron chi connectivity index (χ0n) is 12.4. The molecule has 0 aliphatic carbocycles. The van der Waals surface area contributed by atoms with E-state index < -0.39 is 5.82 Å². The minimum atomic E-state index is -0.415. The number of benzene rings is 1. The second-order valence-corrected chi connectivity index (χ2v) is 5.55. The first-order valence-corrected chi connectivity index (χ1v) is 7.16. The fourth-order valence-electron chi connectivity index (χ4n) is 2.59. The topological polar surface area (TPSA) is 67.6 Å². The summed E-state index contributed by atoms with van der Waals surface area (Å²) < 4.78 is 18.6. The molecule has 0 aromatic heterocycles. The number of ether oxygens (including phenoxy) is 1. The SMILES string of the molecule is CC1CN(CCC(=O)Nc2ccc(F)cc2N)CC(C)O1. The summed E-state index contributed by atoms with van der Waals surface area (Å²) in [6, 6.07) is 3.94. The zero-order chi connectivity index (χ0) is 15.4. The van der Waals surface area contributed by atoms with Gasteiger partial charge in [-0.15, -0.1) is 0 Å². The Hall–Kier alpha value is -1.66. The molecule has 1 aromatic carbocycles. The van der Waals surface area contributed by atoms with Crippen molar-refractivity contribution in [3.8, 4) is 0 Å². The van der Waals surface area contributed by atoms with Crippen molar-refractivity contribution in [1.82, 2.24) is 4.90 Å². The first kappa shape index (κ1) is 15.7. The smallest absolute Gasteiger partial charge is 0.225 e. The lowest BCUT2D eigenvalue weighted by Crippen LogP contribution is -2.46. The van der Waals surface area contributed by atoms with E-state index in [-0.39, 0.29) is 23.8 Å². The molecule has 1 aromatic rings. The number of morpholine rings is 1. The Morgan fingerprint density at radius 1 is 1.43 bits per heavy atom. The number of hydrogen-bond acceptors (Lipinski definition) is 4. The van der Waals surface area contributed by atoms with E-state index in [4.69, 9.17) is 10.5 Å². The van der Waals surface area contributed by atoms with E-state index in [1.807, 2.05) is 13.8 Å². The van der Waals surface area contributed by atoms with Gasteiger partial charge in [-0.3, -0.25) is 9.69 Å². The molecule has 1 heterocycles. The van der Waals surface area contributed by atoms with Gasteiger partial charge >= 0.3 is 0 Å². The van der Waals surface area contributed by atoms with Gasteiger partial charge in [0.15, 0.2) is 0 Å². The van der Waals surface area contributed by atoms with Crippen molar-refractivity contribution in [2.24, 2.45) is 0 Å². The van der Waals surface area contributed by atoms with E-state index in [0.29, 0.717) is 18.7 Å². The molecule has 2 rings (SSSR count). The highest BCUT2D eigenvalue weighted by molar-refractivity contribution is 5.93. The van der Waals surface area contributed by atoms with Gasteiger partial charge in [0, 0.05) is 26.1 Å². The molecule has 3 N–H and O–H groups in total. The molecular weight excluding hydrogens is 273 g/mol. The lowest BCUT2D eigenvalue weighted by atomic mass is 10.2. The average molecular weight is 295 g/mol. The van der Waals surface area contributed by atoms with E-state index in [0.717, 1.165) is 13.1 Å². The van der Waals surface area contributed by atoms with Crippen LogP contribution in [0.1, 0.15) is 20.3 Å². The minimum absolute atomic E-state index is 0.125. The minimum Gasteiger partial charge on any atom is -0.397 e. The number of nitrogen functional groups attached to an aromatic ring is 1. The Bertz CT molecular complexity index is 500. The van der Waals surface area contributed by atoms with Gasteiger partial charge in [0.2, 0.25) is 5.91 Å². The Labute approximate surface area is 124 Å². The molecule has 116 valence electrons. The standard InChI is InChI=1S/C15H22FN3O2/c1-10-8-19(9-11(2)21-10)6-5-15(20)18-14-4-3-12(16)7-13(14)17/h3-4,7,10-11H,5-6,8-9,17H2,1-2H3,(H,18,20). The number of rotatable bonds is 4. The number of nitrogens with one attached hydrogen (secondary N) is 1. The number of carbonyl (C=O) groups excluding carboxylic acids is 1. The quantitative estimate of drug-likeness (QED) is 0.832. The van der Waals surface area contributed by atoms with Crippen LogP contribution >= 0.6 is 0 Å². The third kappa shape index (κ3) is 4.68. The van der Waals surface area contributed by atoms with Crippen LogP contribution in [0.3, 0.4) is 0 Å². The molecule has 1 aliphatic rings. The number of hydrogen-bond donors (Lipinski definition) is 2. The first-order chi connectivity index (χ1) is 9.94. The summed E-state index contributed by atoms with van der Waals surface area (Å²) in [6.45, 7) is 6.39.